The molecule has 166 valence electrons. The van der Waals surface area contributed by atoms with Gasteiger partial charge in [-0.05, 0) is 29.3 Å². The lowest BCUT2D eigenvalue weighted by molar-refractivity contribution is -0.176. The number of fused-ring (bicyclic) bond motifs is 4. The summed E-state index contributed by atoms with van der Waals surface area (Å²) in [5, 5.41) is 0.897. The molecule has 32 heavy (non-hydrogen) atoms. The molecule has 5 rings (SSSR count). The molecule has 2 aliphatic rings. The monoisotopic (exact) mass is 443 g/mol. The highest BCUT2D eigenvalue weighted by molar-refractivity contribution is 5.97. The Labute approximate surface area is 181 Å². The maximum Gasteiger partial charge on any atom is 0.406 e. The van der Waals surface area contributed by atoms with Crippen LogP contribution in [0.4, 0.5) is 13.2 Å². The molecular formula is C23H20F3N3O3. The van der Waals surface area contributed by atoms with Crippen LogP contribution in [0.3, 0.4) is 0 Å². The number of aromatic nitrogens is 1. The predicted molar refractivity (Wildman–Crippen MR) is 110 cm³/mol. The summed E-state index contributed by atoms with van der Waals surface area (Å²) < 4.78 is 44.3. The number of carbonyl (C=O) groups is 2. The fraction of sp³-hybridized carbons (Fsp3) is 0.304. The number of rotatable bonds is 3. The summed E-state index contributed by atoms with van der Waals surface area (Å²) in [4.78, 5) is 31.7. The van der Waals surface area contributed by atoms with E-state index in [9.17, 15) is 22.8 Å². The molecule has 1 saturated heterocycles. The lowest BCUT2D eigenvalue weighted by Crippen LogP contribution is -2.64. The average molecular weight is 443 g/mol. The molecule has 2 aromatic carbocycles. The van der Waals surface area contributed by atoms with Crippen molar-refractivity contribution in [3.05, 3.63) is 65.4 Å². The van der Waals surface area contributed by atoms with Crippen LogP contribution in [0.15, 0.2) is 48.5 Å². The molecule has 2 aliphatic heterocycles. The number of piperazine rings is 1. The van der Waals surface area contributed by atoms with Crippen LogP contribution < -0.4 is 4.74 Å². The largest absolute Gasteiger partial charge is 0.497 e. The lowest BCUT2D eigenvalue weighted by Gasteiger charge is -2.47. The van der Waals surface area contributed by atoms with E-state index in [0.29, 0.717) is 10.6 Å². The Morgan fingerprint density at radius 2 is 1.81 bits per heavy atom. The van der Waals surface area contributed by atoms with Crippen molar-refractivity contribution in [3.63, 3.8) is 0 Å². The molecule has 0 bridgehead atoms. The van der Waals surface area contributed by atoms with Crippen molar-refractivity contribution < 1.29 is 27.5 Å². The van der Waals surface area contributed by atoms with Crippen molar-refractivity contribution in [2.24, 2.45) is 0 Å². The number of amides is 2. The fourth-order valence-corrected chi connectivity index (χ4v) is 4.81. The van der Waals surface area contributed by atoms with Crippen molar-refractivity contribution >= 4 is 22.7 Å². The van der Waals surface area contributed by atoms with E-state index in [4.69, 9.17) is 4.74 Å². The van der Waals surface area contributed by atoms with Crippen molar-refractivity contribution in [3.8, 4) is 5.75 Å². The standard InChI is InChI=1S/C23H20F3N3O3/c1-32-14-8-6-13(7-9-14)21-20-16(15-4-2-3-5-17(15)27-20)10-18-22(31)28(12-23(24,25)26)11-19(30)29(18)21/h2-9,18,21,27H,10-12H2,1H3/t18-,21-/m0/s1. The molecule has 3 aromatic rings. The van der Waals surface area contributed by atoms with Gasteiger partial charge in [-0.25, -0.2) is 0 Å². The van der Waals surface area contributed by atoms with E-state index < -0.39 is 43.2 Å². The van der Waals surface area contributed by atoms with Gasteiger partial charge in [-0.1, -0.05) is 30.3 Å². The van der Waals surface area contributed by atoms with E-state index in [2.05, 4.69) is 4.98 Å². The summed E-state index contributed by atoms with van der Waals surface area (Å²) in [6, 6.07) is 13.1. The quantitative estimate of drug-likeness (QED) is 0.675. The maximum atomic E-state index is 13.1. The second-order valence-electron chi connectivity index (χ2n) is 8.07. The Balaban J connectivity index is 1.65. The molecule has 1 fully saturated rings. The summed E-state index contributed by atoms with van der Waals surface area (Å²) in [7, 11) is 1.55. The van der Waals surface area contributed by atoms with Gasteiger partial charge in [-0.3, -0.25) is 9.59 Å². The minimum atomic E-state index is -4.58. The Kier molecular flexibility index (Phi) is 4.65. The summed E-state index contributed by atoms with van der Waals surface area (Å²) in [6.07, 6.45) is -4.42. The first-order valence-electron chi connectivity index (χ1n) is 10.2. The van der Waals surface area contributed by atoms with Gasteiger partial charge in [0.1, 0.15) is 24.9 Å². The molecule has 2 atom stereocenters. The first kappa shape index (κ1) is 20.4. The van der Waals surface area contributed by atoms with Crippen LogP contribution in [-0.2, 0) is 16.0 Å². The van der Waals surface area contributed by atoms with Gasteiger partial charge >= 0.3 is 6.18 Å². The number of halogens is 3. The van der Waals surface area contributed by atoms with Gasteiger partial charge in [0.15, 0.2) is 0 Å². The third kappa shape index (κ3) is 3.28. The van der Waals surface area contributed by atoms with Crippen LogP contribution >= 0.6 is 0 Å². The Hall–Kier alpha value is -3.49. The van der Waals surface area contributed by atoms with Gasteiger partial charge in [0.2, 0.25) is 11.8 Å². The molecule has 0 aliphatic carbocycles. The first-order chi connectivity index (χ1) is 15.3. The van der Waals surface area contributed by atoms with Crippen LogP contribution in [0.25, 0.3) is 10.9 Å². The van der Waals surface area contributed by atoms with Gasteiger partial charge in [0, 0.05) is 23.0 Å². The molecule has 3 heterocycles. The third-order valence-electron chi connectivity index (χ3n) is 6.14. The number of hydrogen-bond donors (Lipinski definition) is 1. The highest BCUT2D eigenvalue weighted by atomic mass is 19.4. The van der Waals surface area contributed by atoms with E-state index >= 15 is 0 Å². The number of carbonyl (C=O) groups excluding carboxylic acids is 2. The smallest absolute Gasteiger partial charge is 0.406 e. The number of H-pyrrole nitrogens is 1. The minimum absolute atomic E-state index is 0.158. The number of aromatic amines is 1. The highest BCUT2D eigenvalue weighted by Gasteiger charge is 2.50. The van der Waals surface area contributed by atoms with Crippen molar-refractivity contribution in [1.29, 1.82) is 0 Å². The van der Waals surface area contributed by atoms with E-state index in [0.717, 1.165) is 27.7 Å². The van der Waals surface area contributed by atoms with Gasteiger partial charge in [-0.15, -0.1) is 0 Å². The molecule has 2 amide bonds. The molecular weight excluding hydrogens is 423 g/mol. The topological polar surface area (TPSA) is 65.6 Å². The van der Waals surface area contributed by atoms with Crippen molar-refractivity contribution in [2.45, 2.75) is 24.7 Å². The van der Waals surface area contributed by atoms with Crippen LogP contribution in [0.5, 0.6) is 5.75 Å². The highest BCUT2D eigenvalue weighted by Crippen LogP contribution is 2.43. The third-order valence-corrected chi connectivity index (χ3v) is 6.14. The molecule has 0 radical (unpaired) electrons. The summed E-state index contributed by atoms with van der Waals surface area (Å²) >= 11 is 0. The van der Waals surface area contributed by atoms with Gasteiger partial charge in [-0.2, -0.15) is 13.2 Å². The zero-order valence-electron chi connectivity index (χ0n) is 17.1. The van der Waals surface area contributed by atoms with Crippen LogP contribution in [0.1, 0.15) is 22.9 Å². The van der Waals surface area contributed by atoms with Crippen LogP contribution in [0.2, 0.25) is 0 Å². The van der Waals surface area contributed by atoms with Crippen LogP contribution in [-0.4, -0.2) is 59.0 Å². The van der Waals surface area contributed by atoms with Gasteiger partial charge in [0.25, 0.3) is 0 Å². The second kappa shape index (κ2) is 7.29. The van der Waals surface area contributed by atoms with Crippen molar-refractivity contribution in [2.75, 3.05) is 20.2 Å². The first-order valence-corrected chi connectivity index (χ1v) is 10.2. The number of alkyl halides is 3. The second-order valence-corrected chi connectivity index (χ2v) is 8.07. The zero-order chi connectivity index (χ0) is 22.6. The molecule has 0 unspecified atom stereocenters. The number of nitrogens with zero attached hydrogens (tertiary/aromatic N) is 2. The lowest BCUT2D eigenvalue weighted by atomic mass is 9.86. The minimum Gasteiger partial charge on any atom is -0.497 e. The van der Waals surface area contributed by atoms with E-state index in [1.54, 1.807) is 31.4 Å². The fourth-order valence-electron chi connectivity index (χ4n) is 4.81. The van der Waals surface area contributed by atoms with Crippen LogP contribution in [0, 0.1) is 0 Å². The number of nitrogens with one attached hydrogen (secondary N) is 1. The number of para-hydroxylation sites is 1. The van der Waals surface area contributed by atoms with Crippen molar-refractivity contribution in [1.82, 2.24) is 14.8 Å². The molecule has 9 heteroatoms. The number of ether oxygens (including phenoxy) is 1. The summed E-state index contributed by atoms with van der Waals surface area (Å²) in [5.74, 6) is -0.560. The van der Waals surface area contributed by atoms with E-state index in [1.807, 2.05) is 24.3 Å². The normalized spacial score (nSPS) is 21.0. The Bertz CT molecular complexity index is 1200. The van der Waals surface area contributed by atoms with Gasteiger partial charge in [0.05, 0.1) is 13.2 Å². The molecule has 1 aromatic heterocycles. The maximum absolute atomic E-state index is 13.1. The Morgan fingerprint density at radius 1 is 1.09 bits per heavy atom. The number of hydrogen-bond acceptors (Lipinski definition) is 3. The zero-order valence-corrected chi connectivity index (χ0v) is 17.1. The number of methoxy groups -OCH3 is 1. The summed E-state index contributed by atoms with van der Waals surface area (Å²) in [5.41, 5.74) is 3.22. The molecule has 1 N–H and O–H groups in total. The SMILES string of the molecule is COc1ccc([C@H]2c3[nH]c4ccccc4c3C[C@H]3C(=O)N(CC(F)(F)F)CC(=O)N23)cc1. The van der Waals surface area contributed by atoms with E-state index in [1.165, 1.54) is 4.90 Å². The molecule has 6 nitrogen and oxygen atoms in total. The Morgan fingerprint density at radius 3 is 2.50 bits per heavy atom. The molecule has 0 spiro atoms. The van der Waals surface area contributed by atoms with E-state index in [-0.39, 0.29) is 6.42 Å². The van der Waals surface area contributed by atoms with Gasteiger partial charge < -0.3 is 19.5 Å². The summed E-state index contributed by atoms with van der Waals surface area (Å²) in [6.45, 7) is -2.03. The average Bonchev–Trinajstić information content (AvgIpc) is 3.13. The number of benzene rings is 2. The predicted octanol–water partition coefficient (Wildman–Crippen LogP) is 3.42. The molecule has 0 saturated carbocycles.